The number of nitrogens with zero attached hydrogens (tertiary/aromatic N) is 1. The van der Waals surface area contributed by atoms with E-state index in [1.54, 1.807) is 6.92 Å². The second kappa shape index (κ2) is 3.53. The number of rotatable bonds is 1. The van der Waals surface area contributed by atoms with Crippen molar-refractivity contribution in [3.8, 4) is 0 Å². The lowest BCUT2D eigenvalue weighted by Gasteiger charge is -2.25. The van der Waals surface area contributed by atoms with E-state index >= 15 is 0 Å². The van der Waals surface area contributed by atoms with Crippen LogP contribution in [0.25, 0.3) is 0 Å². The smallest absolute Gasteiger partial charge is 0.331 e. The summed E-state index contributed by atoms with van der Waals surface area (Å²) in [5.41, 5.74) is 0. The highest BCUT2D eigenvalue weighted by Crippen LogP contribution is 2.02. The zero-order valence-corrected chi connectivity index (χ0v) is 7.07. The first-order valence-corrected chi connectivity index (χ1v) is 3.68. The van der Waals surface area contributed by atoms with Crippen LogP contribution < -0.4 is 5.32 Å². The summed E-state index contributed by atoms with van der Waals surface area (Å²) in [6.45, 7) is 1.99. The average Bonchev–Trinajstić information content (AvgIpc) is 2.08. The fraction of sp³-hybridized carbons (Fsp3) is 0.714. The zero-order valence-electron chi connectivity index (χ0n) is 7.07. The Hall–Kier alpha value is -1.10. The Balaban J connectivity index is 2.65. The second-order valence-corrected chi connectivity index (χ2v) is 2.64. The standard InChI is InChI=1S/C7H12N2O3/c1-4-8-3-5(10)6(9-4)7(11)12-2/h5-6,10H,3H2,1-2H3,(H,8,9). The van der Waals surface area contributed by atoms with Crippen molar-refractivity contribution in [2.75, 3.05) is 13.7 Å². The molecule has 0 aromatic rings. The monoisotopic (exact) mass is 172 g/mol. The first-order valence-electron chi connectivity index (χ1n) is 3.68. The summed E-state index contributed by atoms with van der Waals surface area (Å²) in [5.74, 6) is 0.187. The number of carbonyl (C=O) groups is 1. The van der Waals surface area contributed by atoms with Gasteiger partial charge in [-0.1, -0.05) is 0 Å². The maximum absolute atomic E-state index is 11.0. The molecule has 0 amide bonds. The molecular formula is C7H12N2O3. The Morgan fingerprint density at radius 2 is 2.50 bits per heavy atom. The Kier molecular flexibility index (Phi) is 2.65. The second-order valence-electron chi connectivity index (χ2n) is 2.64. The van der Waals surface area contributed by atoms with Gasteiger partial charge in [0.2, 0.25) is 0 Å². The number of aliphatic imine (C=N–C) groups is 1. The summed E-state index contributed by atoms with van der Waals surface area (Å²) in [6.07, 6.45) is -0.791. The Morgan fingerprint density at radius 3 is 3.08 bits per heavy atom. The van der Waals surface area contributed by atoms with Gasteiger partial charge in [-0.05, 0) is 6.92 Å². The molecule has 1 rings (SSSR count). The zero-order chi connectivity index (χ0) is 9.14. The number of hydrogen-bond acceptors (Lipinski definition) is 5. The van der Waals surface area contributed by atoms with E-state index in [0.717, 1.165) is 0 Å². The van der Waals surface area contributed by atoms with Crippen LogP contribution in [0.5, 0.6) is 0 Å². The third kappa shape index (κ3) is 1.73. The summed E-state index contributed by atoms with van der Waals surface area (Å²) in [5, 5.41) is 12.1. The molecule has 0 aromatic heterocycles. The van der Waals surface area contributed by atoms with Crippen LogP contribution in [0.15, 0.2) is 4.99 Å². The number of nitrogens with one attached hydrogen (secondary N) is 1. The Labute approximate surface area is 70.4 Å². The molecule has 1 aliphatic heterocycles. The predicted octanol–water partition coefficient (Wildman–Crippen LogP) is -1.09. The topological polar surface area (TPSA) is 70.9 Å². The van der Waals surface area contributed by atoms with E-state index in [0.29, 0.717) is 5.84 Å². The molecule has 0 bridgehead atoms. The summed E-state index contributed by atoms with van der Waals surface area (Å²) >= 11 is 0. The van der Waals surface area contributed by atoms with E-state index in [4.69, 9.17) is 0 Å². The molecule has 5 heteroatoms. The third-order valence-electron chi connectivity index (χ3n) is 1.72. The molecule has 0 aliphatic carbocycles. The van der Waals surface area contributed by atoms with Crippen LogP contribution >= 0.6 is 0 Å². The van der Waals surface area contributed by atoms with E-state index < -0.39 is 18.1 Å². The summed E-state index contributed by atoms with van der Waals surface area (Å²) in [7, 11) is 1.29. The molecule has 1 aliphatic rings. The lowest BCUT2D eigenvalue weighted by Crippen LogP contribution is -2.52. The van der Waals surface area contributed by atoms with Gasteiger partial charge >= 0.3 is 5.97 Å². The first-order chi connectivity index (χ1) is 5.65. The molecule has 5 nitrogen and oxygen atoms in total. The van der Waals surface area contributed by atoms with Gasteiger partial charge in [-0.2, -0.15) is 0 Å². The minimum absolute atomic E-state index is 0.249. The van der Waals surface area contributed by atoms with Gasteiger partial charge in [-0.15, -0.1) is 0 Å². The van der Waals surface area contributed by atoms with Crippen LogP contribution in [0.1, 0.15) is 6.92 Å². The van der Waals surface area contributed by atoms with E-state index in [-0.39, 0.29) is 6.54 Å². The lowest BCUT2D eigenvalue weighted by molar-refractivity contribution is -0.145. The van der Waals surface area contributed by atoms with Crippen LogP contribution in [-0.2, 0) is 9.53 Å². The van der Waals surface area contributed by atoms with E-state index in [9.17, 15) is 9.90 Å². The molecule has 0 radical (unpaired) electrons. The number of carbonyl (C=O) groups excluding carboxylic acids is 1. The minimum Gasteiger partial charge on any atom is -0.467 e. The van der Waals surface area contributed by atoms with E-state index in [1.807, 2.05) is 0 Å². The van der Waals surface area contributed by atoms with Crippen LogP contribution in [0.2, 0.25) is 0 Å². The average molecular weight is 172 g/mol. The lowest BCUT2D eigenvalue weighted by atomic mass is 10.1. The molecule has 2 atom stereocenters. The van der Waals surface area contributed by atoms with Crippen LogP contribution in [0.3, 0.4) is 0 Å². The van der Waals surface area contributed by atoms with Gasteiger partial charge < -0.3 is 15.2 Å². The van der Waals surface area contributed by atoms with Crippen molar-refractivity contribution < 1.29 is 14.6 Å². The highest BCUT2D eigenvalue weighted by Gasteiger charge is 2.30. The predicted molar refractivity (Wildman–Crippen MR) is 42.9 cm³/mol. The largest absolute Gasteiger partial charge is 0.467 e. The molecule has 68 valence electrons. The number of aliphatic hydroxyl groups is 1. The van der Waals surface area contributed by atoms with Crippen molar-refractivity contribution in [3.05, 3.63) is 0 Å². The number of aliphatic hydroxyl groups excluding tert-OH is 1. The van der Waals surface area contributed by atoms with Gasteiger partial charge in [0.25, 0.3) is 0 Å². The molecule has 0 fully saturated rings. The maximum Gasteiger partial charge on any atom is 0.331 e. The highest BCUT2D eigenvalue weighted by atomic mass is 16.5. The molecule has 0 spiro atoms. The minimum atomic E-state index is -0.791. The molecule has 2 N–H and O–H groups in total. The number of amidine groups is 1. The quantitative estimate of drug-likeness (QED) is 0.493. The van der Waals surface area contributed by atoms with Crippen molar-refractivity contribution in [2.45, 2.75) is 19.1 Å². The molecule has 2 unspecified atom stereocenters. The van der Waals surface area contributed by atoms with Crippen molar-refractivity contribution in [1.82, 2.24) is 5.32 Å². The molecule has 0 aromatic carbocycles. The number of methoxy groups -OCH3 is 1. The maximum atomic E-state index is 11.0. The number of esters is 1. The molecule has 0 saturated heterocycles. The van der Waals surface area contributed by atoms with Gasteiger partial charge in [0, 0.05) is 0 Å². The Morgan fingerprint density at radius 1 is 1.83 bits per heavy atom. The molecule has 12 heavy (non-hydrogen) atoms. The Bertz CT molecular complexity index is 215. The van der Waals surface area contributed by atoms with Crippen molar-refractivity contribution >= 4 is 11.8 Å². The first kappa shape index (κ1) is 8.99. The van der Waals surface area contributed by atoms with Gasteiger partial charge in [-0.3, -0.25) is 4.99 Å². The van der Waals surface area contributed by atoms with Crippen molar-refractivity contribution in [2.24, 2.45) is 4.99 Å². The van der Waals surface area contributed by atoms with Gasteiger partial charge in [0.05, 0.1) is 19.5 Å². The SMILES string of the molecule is COC(=O)C1NC(C)=NCC1O. The number of hydrogen-bond donors (Lipinski definition) is 2. The molecule has 0 saturated carbocycles. The van der Waals surface area contributed by atoms with E-state index in [2.05, 4.69) is 15.0 Å². The summed E-state index contributed by atoms with van der Waals surface area (Å²) in [4.78, 5) is 14.9. The summed E-state index contributed by atoms with van der Waals surface area (Å²) in [6, 6.07) is -0.674. The summed E-state index contributed by atoms with van der Waals surface area (Å²) < 4.78 is 4.49. The third-order valence-corrected chi connectivity index (χ3v) is 1.72. The fourth-order valence-corrected chi connectivity index (χ4v) is 1.05. The van der Waals surface area contributed by atoms with E-state index in [1.165, 1.54) is 7.11 Å². The van der Waals surface area contributed by atoms with Crippen LogP contribution in [0.4, 0.5) is 0 Å². The molecule has 1 heterocycles. The van der Waals surface area contributed by atoms with Crippen LogP contribution in [0, 0.1) is 0 Å². The van der Waals surface area contributed by atoms with Crippen molar-refractivity contribution in [3.63, 3.8) is 0 Å². The number of ether oxygens (including phenoxy) is 1. The van der Waals surface area contributed by atoms with Crippen molar-refractivity contribution in [1.29, 1.82) is 0 Å². The van der Waals surface area contributed by atoms with Crippen LogP contribution in [-0.4, -0.2) is 42.7 Å². The normalized spacial score (nSPS) is 28.8. The van der Waals surface area contributed by atoms with Gasteiger partial charge in [-0.25, -0.2) is 4.79 Å². The van der Waals surface area contributed by atoms with Gasteiger partial charge in [0.15, 0.2) is 6.04 Å². The fourth-order valence-electron chi connectivity index (χ4n) is 1.05. The highest BCUT2D eigenvalue weighted by molar-refractivity contribution is 5.87. The van der Waals surface area contributed by atoms with Gasteiger partial charge in [0.1, 0.15) is 6.10 Å². The molecular weight excluding hydrogens is 160 g/mol.